The van der Waals surface area contributed by atoms with Crippen LogP contribution in [0.1, 0.15) is 11.1 Å². The fourth-order valence-corrected chi connectivity index (χ4v) is 4.31. The number of amides is 2. The van der Waals surface area contributed by atoms with Crippen LogP contribution in [0.15, 0.2) is 32.9 Å². The van der Waals surface area contributed by atoms with E-state index in [-0.39, 0.29) is 40.5 Å². The summed E-state index contributed by atoms with van der Waals surface area (Å²) >= 11 is 4.32. The molecule has 33 heavy (non-hydrogen) atoms. The Labute approximate surface area is 205 Å². The van der Waals surface area contributed by atoms with Crippen LogP contribution in [0.5, 0.6) is 17.4 Å². The van der Waals surface area contributed by atoms with Gasteiger partial charge in [0, 0.05) is 31.1 Å². The van der Waals surface area contributed by atoms with Crippen LogP contribution in [0.2, 0.25) is 0 Å². The van der Waals surface area contributed by atoms with Gasteiger partial charge in [0.05, 0.1) is 28.4 Å². The zero-order valence-corrected chi connectivity index (χ0v) is 21.3. The molecule has 0 saturated carbocycles. The Balaban J connectivity index is 1.93. The minimum Gasteiger partial charge on any atom is -0.485 e. The van der Waals surface area contributed by atoms with E-state index in [4.69, 9.17) is 18.9 Å². The molecule has 3 rings (SSSR count). The molecule has 176 valence electrons. The monoisotopic (exact) mass is 557 g/mol. The second-order valence-corrected chi connectivity index (χ2v) is 9.66. The van der Waals surface area contributed by atoms with Gasteiger partial charge in [0.15, 0.2) is 18.3 Å². The van der Waals surface area contributed by atoms with Gasteiger partial charge < -0.3 is 18.9 Å². The van der Waals surface area contributed by atoms with E-state index in [2.05, 4.69) is 25.9 Å². The maximum Gasteiger partial charge on any atom is 0.293 e. The Kier molecular flexibility index (Phi) is 8.46. The van der Waals surface area contributed by atoms with Crippen LogP contribution in [0.4, 0.5) is 4.79 Å². The third-order valence-electron chi connectivity index (χ3n) is 4.30. The number of rotatable bonds is 9. The minimum absolute atomic E-state index is 0.0136. The first-order valence-electron chi connectivity index (χ1n) is 9.28. The summed E-state index contributed by atoms with van der Waals surface area (Å²) in [4.78, 5) is 33.6. The molecule has 2 heterocycles. The maximum atomic E-state index is 12.3. The molecule has 1 aliphatic heterocycles. The fraction of sp³-hybridized carbons (Fsp3) is 0.300. The van der Waals surface area contributed by atoms with Crippen LogP contribution in [-0.2, 0) is 26.9 Å². The SMILES string of the molecule is COCOc1cc(Br)c(/C=C2\SC(=O)N(C)C2=O)cc1OCc1cnc(S(C)=O)nc1OC. The molecule has 2 amide bonds. The van der Waals surface area contributed by atoms with Gasteiger partial charge >= 0.3 is 0 Å². The lowest BCUT2D eigenvalue weighted by Crippen LogP contribution is -2.22. The highest BCUT2D eigenvalue weighted by atomic mass is 79.9. The van der Waals surface area contributed by atoms with Crippen molar-refractivity contribution in [1.82, 2.24) is 14.9 Å². The van der Waals surface area contributed by atoms with Gasteiger partial charge in [-0.15, -0.1) is 0 Å². The van der Waals surface area contributed by atoms with E-state index in [9.17, 15) is 13.8 Å². The summed E-state index contributed by atoms with van der Waals surface area (Å²) in [7, 11) is 3.01. The normalized spacial score (nSPS) is 15.8. The minimum atomic E-state index is -1.36. The molecule has 1 aromatic heterocycles. The van der Waals surface area contributed by atoms with Crippen molar-refractivity contribution in [3.05, 3.63) is 38.8 Å². The van der Waals surface area contributed by atoms with Crippen LogP contribution in [-0.4, -0.2) is 64.5 Å². The Morgan fingerprint density at radius 2 is 1.94 bits per heavy atom. The molecule has 0 aliphatic carbocycles. The van der Waals surface area contributed by atoms with E-state index in [1.165, 1.54) is 33.7 Å². The quantitative estimate of drug-likeness (QED) is 0.258. The van der Waals surface area contributed by atoms with Crippen molar-refractivity contribution in [2.75, 3.05) is 34.3 Å². The van der Waals surface area contributed by atoms with Crippen LogP contribution in [0.3, 0.4) is 0 Å². The summed E-state index contributed by atoms with van der Waals surface area (Å²) in [5, 5.41) is -0.196. The van der Waals surface area contributed by atoms with E-state index in [0.29, 0.717) is 27.1 Å². The predicted molar refractivity (Wildman–Crippen MR) is 126 cm³/mol. The summed E-state index contributed by atoms with van der Waals surface area (Å²) < 4.78 is 34.1. The largest absolute Gasteiger partial charge is 0.485 e. The molecule has 1 unspecified atom stereocenters. The van der Waals surface area contributed by atoms with Crippen LogP contribution < -0.4 is 14.2 Å². The van der Waals surface area contributed by atoms with Crippen molar-refractivity contribution >= 4 is 55.7 Å². The third-order valence-corrected chi connectivity index (χ3v) is 6.66. The Bertz CT molecular complexity index is 1140. The first-order valence-corrected chi connectivity index (χ1v) is 12.4. The molecule has 1 saturated heterocycles. The molecule has 1 aliphatic rings. The highest BCUT2D eigenvalue weighted by molar-refractivity contribution is 9.10. The first-order chi connectivity index (χ1) is 15.7. The average Bonchev–Trinajstić information content (AvgIpc) is 3.04. The average molecular weight is 558 g/mol. The van der Waals surface area contributed by atoms with E-state index >= 15 is 0 Å². The van der Waals surface area contributed by atoms with Crippen molar-refractivity contribution in [2.24, 2.45) is 0 Å². The lowest BCUT2D eigenvalue weighted by molar-refractivity contribution is -0.121. The molecule has 1 aromatic carbocycles. The summed E-state index contributed by atoms with van der Waals surface area (Å²) in [5.74, 6) is 0.593. The molecule has 0 N–H and O–H groups in total. The highest BCUT2D eigenvalue weighted by Gasteiger charge is 2.32. The zero-order chi connectivity index (χ0) is 24.1. The number of hydrogen-bond acceptors (Lipinski definition) is 10. The van der Waals surface area contributed by atoms with Gasteiger partial charge in [-0.1, -0.05) is 15.9 Å². The van der Waals surface area contributed by atoms with Crippen molar-refractivity contribution in [3.63, 3.8) is 0 Å². The molecule has 1 fully saturated rings. The van der Waals surface area contributed by atoms with E-state index < -0.39 is 10.8 Å². The number of aromatic nitrogens is 2. The van der Waals surface area contributed by atoms with Gasteiger partial charge in [0.1, 0.15) is 6.61 Å². The number of carbonyl (C=O) groups excluding carboxylic acids is 2. The molecule has 13 heteroatoms. The first kappa shape index (κ1) is 25.1. The van der Waals surface area contributed by atoms with Crippen molar-refractivity contribution in [1.29, 1.82) is 0 Å². The molecule has 0 radical (unpaired) electrons. The summed E-state index contributed by atoms with van der Waals surface area (Å²) in [5.41, 5.74) is 1.13. The molecule has 0 spiro atoms. The molecular formula is C20H20BrN3O7S2. The smallest absolute Gasteiger partial charge is 0.293 e. The number of likely N-dealkylation sites (N-methyl/N-ethyl adjacent to an activating group) is 1. The van der Waals surface area contributed by atoms with Gasteiger partial charge in [0.2, 0.25) is 11.0 Å². The lowest BCUT2D eigenvalue weighted by Gasteiger charge is -2.15. The van der Waals surface area contributed by atoms with Crippen molar-refractivity contribution in [2.45, 2.75) is 11.8 Å². The van der Waals surface area contributed by atoms with E-state index in [0.717, 1.165) is 16.7 Å². The van der Waals surface area contributed by atoms with Crippen LogP contribution >= 0.6 is 27.7 Å². The van der Waals surface area contributed by atoms with Crippen molar-refractivity contribution < 1.29 is 32.7 Å². The molecule has 2 aromatic rings. The number of benzene rings is 1. The zero-order valence-electron chi connectivity index (χ0n) is 18.1. The van der Waals surface area contributed by atoms with E-state index in [1.807, 2.05) is 0 Å². The second-order valence-electron chi connectivity index (χ2n) is 6.54. The second kappa shape index (κ2) is 11.1. The third kappa shape index (κ3) is 5.91. The maximum absolute atomic E-state index is 12.3. The Hall–Kier alpha value is -2.48. The molecule has 0 bridgehead atoms. The number of nitrogens with zero attached hydrogens (tertiary/aromatic N) is 3. The lowest BCUT2D eigenvalue weighted by atomic mass is 10.2. The summed E-state index contributed by atoms with van der Waals surface area (Å²) in [6.45, 7) is 0.00993. The van der Waals surface area contributed by atoms with Gasteiger partial charge in [-0.3, -0.25) is 18.7 Å². The van der Waals surface area contributed by atoms with Crippen molar-refractivity contribution in [3.8, 4) is 17.4 Å². The number of hydrogen-bond donors (Lipinski definition) is 0. The molecule has 10 nitrogen and oxygen atoms in total. The molecule has 1 atom stereocenters. The van der Waals surface area contributed by atoms with Gasteiger partial charge in [-0.2, -0.15) is 4.98 Å². The topological polar surface area (TPSA) is 117 Å². The van der Waals surface area contributed by atoms with Crippen LogP contribution in [0.25, 0.3) is 6.08 Å². The van der Waals surface area contributed by atoms with Gasteiger partial charge in [0.25, 0.3) is 11.1 Å². The van der Waals surface area contributed by atoms with Crippen LogP contribution in [0, 0.1) is 0 Å². The van der Waals surface area contributed by atoms with E-state index in [1.54, 1.807) is 18.2 Å². The summed E-state index contributed by atoms with van der Waals surface area (Å²) in [6, 6.07) is 3.34. The number of halogens is 1. The standard InChI is InChI=1S/C20H20BrN3O7S2/c1-24-18(25)16(32-20(24)26)6-11-5-14(15(7-13(11)21)31-10-28-2)30-9-12-8-22-19(33(4)27)23-17(12)29-3/h5-8H,9-10H2,1-4H3/b16-6-. The summed E-state index contributed by atoms with van der Waals surface area (Å²) in [6.07, 6.45) is 4.55. The molecular weight excluding hydrogens is 538 g/mol. The Morgan fingerprint density at radius 3 is 2.55 bits per heavy atom. The van der Waals surface area contributed by atoms with Gasteiger partial charge in [-0.05, 0) is 35.5 Å². The fourth-order valence-electron chi connectivity index (χ4n) is 2.64. The number of imide groups is 1. The number of ether oxygens (including phenoxy) is 4. The Morgan fingerprint density at radius 1 is 1.21 bits per heavy atom. The highest BCUT2D eigenvalue weighted by Crippen LogP contribution is 2.38. The number of thioether (sulfide) groups is 1. The van der Waals surface area contributed by atoms with Gasteiger partial charge in [-0.25, -0.2) is 4.98 Å². The number of methoxy groups -OCH3 is 2. The predicted octanol–water partition coefficient (Wildman–Crippen LogP) is 3.21. The number of carbonyl (C=O) groups is 2.